The van der Waals surface area contributed by atoms with Gasteiger partial charge < -0.3 is 21.5 Å². The molecule has 0 heterocycles. The summed E-state index contributed by atoms with van der Waals surface area (Å²) in [4.78, 5) is 0. The summed E-state index contributed by atoms with van der Waals surface area (Å²) in [5, 5.41) is 0. The first-order chi connectivity index (χ1) is 8.74. The fourth-order valence-corrected chi connectivity index (χ4v) is 3.36. The Morgan fingerprint density at radius 1 is 0.632 bits per heavy atom. The minimum absolute atomic E-state index is 0. The van der Waals surface area contributed by atoms with Gasteiger partial charge in [0.2, 0.25) is 0 Å². The molecule has 0 aromatic heterocycles. The summed E-state index contributed by atoms with van der Waals surface area (Å²) >= 11 is 3.80. The van der Waals surface area contributed by atoms with Crippen molar-refractivity contribution in [1.82, 2.24) is 0 Å². The van der Waals surface area contributed by atoms with Crippen molar-refractivity contribution < 1.29 is 21.5 Å². The van der Waals surface area contributed by atoms with Gasteiger partial charge in [0.25, 0.3) is 0 Å². The largest absolute Gasteiger partial charge is 1.00 e. The van der Waals surface area contributed by atoms with E-state index in [0.29, 0.717) is 0 Å². The van der Waals surface area contributed by atoms with Crippen molar-refractivity contribution >= 4 is 15.9 Å². The van der Waals surface area contributed by atoms with E-state index in [9.17, 15) is 0 Å². The van der Waals surface area contributed by atoms with Crippen LogP contribution >= 0.6 is 15.9 Å². The molecule has 0 aliphatic heterocycles. The van der Waals surface area contributed by atoms with Gasteiger partial charge in [0.15, 0.2) is 0 Å². The predicted molar refractivity (Wildman–Crippen MR) is 87.2 cm³/mol. The van der Waals surface area contributed by atoms with E-state index in [1.807, 2.05) is 0 Å². The normalized spacial score (nSPS) is 11.4. The van der Waals surface area contributed by atoms with E-state index < -0.39 is 0 Å². The smallest absolute Gasteiger partial charge is 0.134 e. The first-order valence-corrected chi connectivity index (χ1v) is 9.27. The third kappa shape index (κ3) is 11.3. The van der Waals surface area contributed by atoms with Gasteiger partial charge in [0, 0.05) is 0 Å². The van der Waals surface area contributed by atoms with Crippen LogP contribution in [0.5, 0.6) is 0 Å². The molecule has 0 fully saturated rings. The number of halogens is 2. The van der Waals surface area contributed by atoms with Gasteiger partial charge in [-0.25, -0.2) is 0 Å². The van der Waals surface area contributed by atoms with Crippen LogP contribution in [-0.4, -0.2) is 29.6 Å². The van der Waals surface area contributed by atoms with Crippen LogP contribution in [-0.2, 0) is 0 Å². The Kier molecular flexibility index (Phi) is 17.9. The molecule has 0 N–H and O–H groups in total. The highest BCUT2D eigenvalue weighted by atomic mass is 79.9. The summed E-state index contributed by atoms with van der Waals surface area (Å²) in [5.74, 6) is 0. The summed E-state index contributed by atoms with van der Waals surface area (Å²) in [7, 11) is 0. The van der Waals surface area contributed by atoms with Gasteiger partial charge in [-0.15, -0.1) is 0 Å². The van der Waals surface area contributed by atoms with Crippen molar-refractivity contribution in [2.24, 2.45) is 0 Å². The lowest BCUT2D eigenvalue weighted by Gasteiger charge is -2.37. The minimum atomic E-state index is 0. The molecule has 0 saturated carbocycles. The highest BCUT2D eigenvalue weighted by Gasteiger charge is 2.24. The molecule has 0 spiro atoms. The van der Waals surface area contributed by atoms with Gasteiger partial charge >= 0.3 is 0 Å². The Morgan fingerprint density at radius 2 is 0.947 bits per heavy atom. The maximum Gasteiger partial charge on any atom is 0.134 e. The average molecular weight is 401 g/mol. The molecule has 0 radical (unpaired) electrons. The van der Waals surface area contributed by atoms with Crippen LogP contribution in [0, 0.1) is 0 Å². The molecular weight excluding hydrogens is 366 g/mol. The van der Waals surface area contributed by atoms with Crippen molar-refractivity contribution in [1.29, 1.82) is 0 Å². The highest BCUT2D eigenvalue weighted by Crippen LogP contribution is 2.18. The van der Waals surface area contributed by atoms with E-state index in [0.717, 1.165) is 5.45 Å². The summed E-state index contributed by atoms with van der Waals surface area (Å²) < 4.78 is 1.32. The van der Waals surface area contributed by atoms with E-state index in [4.69, 9.17) is 0 Å². The van der Waals surface area contributed by atoms with E-state index in [2.05, 4.69) is 36.7 Å². The molecule has 19 heavy (non-hydrogen) atoms. The SMILES string of the molecule is CCCCC[N+](CBr)(CCCCC)CCCCC.[Br-]. The molecule has 0 aliphatic rings. The maximum absolute atomic E-state index is 3.80. The molecule has 0 aromatic rings. The Bertz CT molecular complexity index is 148. The van der Waals surface area contributed by atoms with Crippen LogP contribution < -0.4 is 17.0 Å². The zero-order valence-corrected chi connectivity index (χ0v) is 16.6. The molecule has 0 bridgehead atoms. The van der Waals surface area contributed by atoms with Gasteiger partial charge in [0.05, 0.1) is 19.6 Å². The third-order valence-corrected chi connectivity index (χ3v) is 5.03. The average Bonchev–Trinajstić information content (AvgIpc) is 2.39. The first-order valence-electron chi connectivity index (χ1n) is 8.15. The summed E-state index contributed by atoms with van der Waals surface area (Å²) in [6.07, 6.45) is 12.4. The quantitative estimate of drug-likeness (QED) is 0.193. The van der Waals surface area contributed by atoms with E-state index in [1.54, 1.807) is 0 Å². The molecule has 0 unspecified atom stereocenters. The Balaban J connectivity index is 0. The van der Waals surface area contributed by atoms with Gasteiger partial charge in [-0.3, -0.25) is 0 Å². The van der Waals surface area contributed by atoms with Gasteiger partial charge in [-0.2, -0.15) is 0 Å². The number of alkyl halides is 1. The number of nitrogens with zero attached hydrogens (tertiary/aromatic N) is 1. The lowest BCUT2D eigenvalue weighted by molar-refractivity contribution is -0.915. The fourth-order valence-electron chi connectivity index (χ4n) is 2.61. The Labute approximate surface area is 141 Å². The number of quaternary nitrogens is 1. The summed E-state index contributed by atoms with van der Waals surface area (Å²) in [6.45, 7) is 11.1. The molecule has 0 atom stereocenters. The first kappa shape index (κ1) is 22.2. The van der Waals surface area contributed by atoms with Crippen molar-refractivity contribution in [3.05, 3.63) is 0 Å². The summed E-state index contributed by atoms with van der Waals surface area (Å²) in [5.41, 5.74) is 1.16. The molecule has 0 rings (SSSR count). The summed E-state index contributed by atoms with van der Waals surface area (Å²) in [6, 6.07) is 0. The van der Waals surface area contributed by atoms with Crippen LogP contribution in [0.1, 0.15) is 78.6 Å². The van der Waals surface area contributed by atoms with E-state index in [1.165, 1.54) is 81.9 Å². The number of hydrogen-bond donors (Lipinski definition) is 0. The number of rotatable bonds is 13. The number of unbranched alkanes of at least 4 members (excludes halogenated alkanes) is 6. The molecule has 0 aliphatic carbocycles. The van der Waals surface area contributed by atoms with Crippen LogP contribution in [0.2, 0.25) is 0 Å². The second-order valence-electron chi connectivity index (χ2n) is 5.75. The lowest BCUT2D eigenvalue weighted by atomic mass is 10.1. The van der Waals surface area contributed by atoms with Crippen LogP contribution in [0.15, 0.2) is 0 Å². The highest BCUT2D eigenvalue weighted by molar-refractivity contribution is 9.09. The zero-order valence-electron chi connectivity index (χ0n) is 13.4. The molecular formula is C16H35Br2N. The molecule has 0 saturated heterocycles. The van der Waals surface area contributed by atoms with Gasteiger partial charge in [-0.05, 0) is 54.5 Å². The lowest BCUT2D eigenvalue weighted by Crippen LogP contribution is -3.00. The third-order valence-electron chi connectivity index (χ3n) is 3.96. The van der Waals surface area contributed by atoms with E-state index >= 15 is 0 Å². The van der Waals surface area contributed by atoms with Gasteiger partial charge in [0.1, 0.15) is 5.45 Å². The monoisotopic (exact) mass is 399 g/mol. The molecule has 1 nitrogen and oxygen atoms in total. The molecule has 118 valence electrons. The van der Waals surface area contributed by atoms with Crippen molar-refractivity contribution in [2.75, 3.05) is 25.1 Å². The topological polar surface area (TPSA) is 0 Å². The Morgan fingerprint density at radius 3 is 1.16 bits per heavy atom. The van der Waals surface area contributed by atoms with Crippen LogP contribution in [0.25, 0.3) is 0 Å². The fraction of sp³-hybridized carbons (Fsp3) is 1.00. The van der Waals surface area contributed by atoms with Crippen LogP contribution in [0.4, 0.5) is 0 Å². The second-order valence-corrected chi connectivity index (χ2v) is 6.25. The molecule has 0 amide bonds. The van der Waals surface area contributed by atoms with Crippen LogP contribution in [0.3, 0.4) is 0 Å². The zero-order chi connectivity index (χ0) is 13.7. The number of hydrogen-bond acceptors (Lipinski definition) is 0. The minimum Gasteiger partial charge on any atom is -1.00 e. The van der Waals surface area contributed by atoms with Crippen molar-refractivity contribution in [3.8, 4) is 0 Å². The van der Waals surface area contributed by atoms with Gasteiger partial charge in [-0.1, -0.05) is 40.0 Å². The second kappa shape index (κ2) is 15.3. The maximum atomic E-state index is 3.80. The Hall–Kier alpha value is 0.920. The van der Waals surface area contributed by atoms with Crippen molar-refractivity contribution in [2.45, 2.75) is 78.6 Å². The predicted octanol–water partition coefficient (Wildman–Crippen LogP) is 2.73. The molecule has 3 heteroatoms. The van der Waals surface area contributed by atoms with E-state index in [-0.39, 0.29) is 17.0 Å². The standard InChI is InChI=1S/C16H35BrN.BrH/c1-4-7-10-13-18(16-17,14-11-8-5-2)15-12-9-6-3;/h4-16H2,1-3H3;1H/q+1;/p-1. The van der Waals surface area contributed by atoms with Crippen molar-refractivity contribution in [3.63, 3.8) is 0 Å². The molecule has 0 aromatic carbocycles.